The summed E-state index contributed by atoms with van der Waals surface area (Å²) in [6.07, 6.45) is 3.20. The molecule has 2 heterocycles. The Morgan fingerprint density at radius 2 is 2.21 bits per heavy atom. The number of amides is 1. The fourth-order valence-electron chi connectivity index (χ4n) is 1.43. The molecule has 0 saturated carbocycles. The van der Waals surface area contributed by atoms with Crippen LogP contribution in [-0.4, -0.2) is 31.6 Å². The van der Waals surface area contributed by atoms with E-state index in [0.717, 1.165) is 11.5 Å². The summed E-state index contributed by atoms with van der Waals surface area (Å²) < 4.78 is 3.72. The molecule has 2 aromatic rings. The molecule has 0 aliphatic carbocycles. The Hall–Kier alpha value is -2.35. The Kier molecular flexibility index (Phi) is 3.81. The maximum atomic E-state index is 12.0. The number of rotatable bonds is 4. The van der Waals surface area contributed by atoms with Crippen LogP contribution in [0.2, 0.25) is 0 Å². The van der Waals surface area contributed by atoms with E-state index < -0.39 is 5.97 Å². The number of nitrogens with one attached hydrogen (secondary N) is 1. The molecule has 19 heavy (non-hydrogen) atoms. The molecule has 8 heteroatoms. The zero-order chi connectivity index (χ0) is 13.8. The predicted molar refractivity (Wildman–Crippen MR) is 68.4 cm³/mol. The van der Waals surface area contributed by atoms with Gasteiger partial charge in [-0.25, -0.2) is 4.79 Å². The number of pyridine rings is 1. The van der Waals surface area contributed by atoms with Gasteiger partial charge in [-0.05, 0) is 24.0 Å². The highest BCUT2D eigenvalue weighted by molar-refractivity contribution is 7.08. The van der Waals surface area contributed by atoms with Crippen molar-refractivity contribution in [2.75, 3.05) is 5.32 Å². The Morgan fingerprint density at radius 3 is 2.89 bits per heavy atom. The molecule has 0 aliphatic heterocycles. The van der Waals surface area contributed by atoms with Crippen molar-refractivity contribution in [2.45, 2.75) is 13.3 Å². The number of aromatic carboxylic acids is 1. The lowest BCUT2D eigenvalue weighted by Gasteiger charge is -2.04. The van der Waals surface area contributed by atoms with Crippen LogP contribution in [0.4, 0.5) is 5.69 Å². The minimum Gasteiger partial charge on any atom is -0.478 e. The second kappa shape index (κ2) is 5.53. The van der Waals surface area contributed by atoms with Crippen molar-refractivity contribution in [1.82, 2.24) is 14.6 Å². The van der Waals surface area contributed by atoms with Crippen LogP contribution in [0.15, 0.2) is 18.5 Å². The number of carbonyl (C=O) groups is 2. The number of anilines is 1. The molecule has 7 nitrogen and oxygen atoms in total. The zero-order valence-corrected chi connectivity index (χ0v) is 10.8. The molecule has 0 bridgehead atoms. The quantitative estimate of drug-likeness (QED) is 0.876. The van der Waals surface area contributed by atoms with Crippen LogP contribution in [0.3, 0.4) is 0 Å². The molecular formula is C11H10N4O3S. The van der Waals surface area contributed by atoms with Gasteiger partial charge in [0.05, 0.1) is 23.1 Å². The predicted octanol–water partition coefficient (Wildman–Crippen LogP) is 1.45. The Morgan fingerprint density at radius 1 is 1.42 bits per heavy atom. The molecular weight excluding hydrogens is 268 g/mol. The van der Waals surface area contributed by atoms with E-state index >= 15 is 0 Å². The summed E-state index contributed by atoms with van der Waals surface area (Å²) in [6.45, 7) is 1.88. The minimum absolute atomic E-state index is 0.0101. The molecule has 0 atom stereocenters. The van der Waals surface area contributed by atoms with Gasteiger partial charge in [-0.1, -0.05) is 11.4 Å². The third-order valence-electron chi connectivity index (χ3n) is 2.34. The summed E-state index contributed by atoms with van der Waals surface area (Å²) in [5.74, 6) is -1.46. The lowest BCUT2D eigenvalue weighted by molar-refractivity contribution is 0.0696. The number of hydrogen-bond donors (Lipinski definition) is 2. The third kappa shape index (κ3) is 2.91. The van der Waals surface area contributed by atoms with E-state index in [1.807, 2.05) is 6.92 Å². The van der Waals surface area contributed by atoms with Crippen LogP contribution in [0, 0.1) is 0 Å². The Bertz CT molecular complexity index is 626. The maximum absolute atomic E-state index is 12.0. The van der Waals surface area contributed by atoms with Crippen LogP contribution in [0.1, 0.15) is 32.6 Å². The van der Waals surface area contributed by atoms with Gasteiger partial charge < -0.3 is 10.4 Å². The number of carboxylic acid groups (broad SMARTS) is 1. The van der Waals surface area contributed by atoms with Crippen LogP contribution >= 0.6 is 11.5 Å². The molecule has 2 aromatic heterocycles. The average Bonchev–Trinajstić information content (AvgIpc) is 2.87. The Labute approximate surface area is 112 Å². The number of hydrogen-bond acceptors (Lipinski definition) is 6. The van der Waals surface area contributed by atoms with Crippen LogP contribution in [0.5, 0.6) is 0 Å². The van der Waals surface area contributed by atoms with E-state index in [1.54, 1.807) is 0 Å². The zero-order valence-electron chi connectivity index (χ0n) is 9.95. The molecule has 0 radical (unpaired) electrons. The van der Waals surface area contributed by atoms with E-state index in [2.05, 4.69) is 19.9 Å². The number of aromatic nitrogens is 3. The smallest absolute Gasteiger partial charge is 0.337 e. The first-order valence-corrected chi connectivity index (χ1v) is 6.20. The van der Waals surface area contributed by atoms with E-state index in [4.69, 9.17) is 5.11 Å². The second-order valence-electron chi connectivity index (χ2n) is 3.62. The van der Waals surface area contributed by atoms with Gasteiger partial charge in [0.25, 0.3) is 5.91 Å². The molecule has 2 N–H and O–H groups in total. The fraction of sp³-hybridized carbons (Fsp3) is 0.182. The van der Waals surface area contributed by atoms with Gasteiger partial charge in [0.1, 0.15) is 4.88 Å². The van der Waals surface area contributed by atoms with Crippen LogP contribution < -0.4 is 5.32 Å². The normalized spacial score (nSPS) is 10.2. The van der Waals surface area contributed by atoms with Crippen molar-refractivity contribution in [2.24, 2.45) is 0 Å². The maximum Gasteiger partial charge on any atom is 0.337 e. The lowest BCUT2D eigenvalue weighted by atomic mass is 10.2. The minimum atomic E-state index is -1.10. The van der Waals surface area contributed by atoms with Gasteiger partial charge in [0, 0.05) is 6.20 Å². The molecule has 0 aliphatic rings. The second-order valence-corrected chi connectivity index (χ2v) is 4.38. The number of carboxylic acids is 1. The van der Waals surface area contributed by atoms with E-state index in [9.17, 15) is 9.59 Å². The van der Waals surface area contributed by atoms with Crippen LogP contribution in [0.25, 0.3) is 0 Å². The Balaban J connectivity index is 2.19. The highest BCUT2D eigenvalue weighted by Gasteiger charge is 2.15. The SMILES string of the molecule is CCc1nnsc1C(=O)Nc1cncc(C(=O)O)c1. The van der Waals surface area contributed by atoms with Gasteiger partial charge in [0.15, 0.2) is 0 Å². The van der Waals surface area contributed by atoms with Crippen molar-refractivity contribution >= 4 is 29.1 Å². The molecule has 98 valence electrons. The summed E-state index contributed by atoms with van der Waals surface area (Å²) in [6, 6.07) is 1.34. The van der Waals surface area contributed by atoms with Crippen molar-refractivity contribution < 1.29 is 14.7 Å². The first-order valence-electron chi connectivity index (χ1n) is 5.42. The summed E-state index contributed by atoms with van der Waals surface area (Å²) >= 11 is 1.00. The average molecular weight is 278 g/mol. The first kappa shape index (κ1) is 13.1. The van der Waals surface area contributed by atoms with E-state index in [-0.39, 0.29) is 11.5 Å². The van der Waals surface area contributed by atoms with Crippen molar-refractivity contribution in [1.29, 1.82) is 0 Å². The molecule has 0 fully saturated rings. The highest BCUT2D eigenvalue weighted by Crippen LogP contribution is 2.15. The fourth-order valence-corrected chi connectivity index (χ4v) is 2.07. The monoisotopic (exact) mass is 278 g/mol. The molecule has 1 amide bonds. The van der Waals surface area contributed by atoms with Gasteiger partial charge >= 0.3 is 5.97 Å². The van der Waals surface area contributed by atoms with Crippen molar-refractivity contribution in [3.05, 3.63) is 34.6 Å². The number of aryl methyl sites for hydroxylation is 1. The van der Waals surface area contributed by atoms with Gasteiger partial charge in [-0.15, -0.1) is 5.10 Å². The van der Waals surface area contributed by atoms with Crippen molar-refractivity contribution in [3.63, 3.8) is 0 Å². The first-order chi connectivity index (χ1) is 9.11. The van der Waals surface area contributed by atoms with Gasteiger partial charge in [-0.3, -0.25) is 9.78 Å². The third-order valence-corrected chi connectivity index (χ3v) is 3.11. The molecule has 0 spiro atoms. The molecule has 0 unspecified atom stereocenters. The lowest BCUT2D eigenvalue weighted by Crippen LogP contribution is -2.13. The van der Waals surface area contributed by atoms with Gasteiger partial charge in [-0.2, -0.15) is 0 Å². The number of nitrogens with zero attached hydrogens (tertiary/aromatic N) is 3. The van der Waals surface area contributed by atoms with E-state index in [0.29, 0.717) is 22.7 Å². The van der Waals surface area contributed by atoms with Crippen LogP contribution in [-0.2, 0) is 6.42 Å². The van der Waals surface area contributed by atoms with Gasteiger partial charge in [0.2, 0.25) is 0 Å². The summed E-state index contributed by atoms with van der Waals surface area (Å²) in [7, 11) is 0. The summed E-state index contributed by atoms with van der Waals surface area (Å²) in [5, 5.41) is 15.3. The largest absolute Gasteiger partial charge is 0.478 e. The molecule has 0 saturated heterocycles. The van der Waals surface area contributed by atoms with Crippen molar-refractivity contribution in [3.8, 4) is 0 Å². The summed E-state index contributed by atoms with van der Waals surface area (Å²) in [4.78, 5) is 27.0. The highest BCUT2D eigenvalue weighted by atomic mass is 32.1. The summed E-state index contributed by atoms with van der Waals surface area (Å²) in [5.41, 5.74) is 0.946. The standard InChI is InChI=1S/C11H10N4O3S/c1-2-8-9(19-15-14-8)10(16)13-7-3-6(11(17)18)4-12-5-7/h3-5H,2H2,1H3,(H,13,16)(H,17,18). The topological polar surface area (TPSA) is 105 Å². The van der Waals surface area contributed by atoms with E-state index in [1.165, 1.54) is 18.5 Å². The molecule has 0 aromatic carbocycles. The molecule has 2 rings (SSSR count). The number of carbonyl (C=O) groups excluding carboxylic acids is 1.